The van der Waals surface area contributed by atoms with E-state index >= 15 is 0 Å². The van der Waals surface area contributed by atoms with Gasteiger partial charge >= 0.3 is 17.9 Å². The highest BCUT2D eigenvalue weighted by Gasteiger charge is 2.19. The molecule has 1 unspecified atom stereocenters. The standard InChI is InChI=1S/C72H134O6/c1-4-7-10-13-16-19-22-25-27-29-30-31-32-33-34-35-36-37-38-39-40-41-42-43-45-47-50-53-56-59-62-65-71(74)77-68-69(67-76-70(73)64-61-58-55-52-49-46-24-21-18-15-12-9-6-3)78-72(75)66-63-60-57-54-51-48-44-28-26-23-20-17-14-11-8-5-2/h20,23,28-30,44,69H,4-19,21-22,24-27,31-43,45-68H2,1-3H3/b23-20-,30-29-,44-28-. The Morgan fingerprint density at radius 2 is 0.462 bits per heavy atom. The van der Waals surface area contributed by atoms with E-state index in [1.54, 1.807) is 0 Å². The Morgan fingerprint density at radius 3 is 0.731 bits per heavy atom. The van der Waals surface area contributed by atoms with E-state index in [2.05, 4.69) is 57.2 Å². The molecule has 0 N–H and O–H groups in total. The number of carbonyl (C=O) groups is 3. The zero-order valence-corrected chi connectivity index (χ0v) is 52.7. The second-order valence-electron chi connectivity index (χ2n) is 23.8. The lowest BCUT2D eigenvalue weighted by Crippen LogP contribution is -2.30. The number of allylic oxidation sites excluding steroid dienone is 6. The second-order valence-corrected chi connectivity index (χ2v) is 23.8. The van der Waals surface area contributed by atoms with Gasteiger partial charge in [0.1, 0.15) is 13.2 Å². The fraction of sp³-hybridized carbons (Fsp3) is 0.875. The Hall–Kier alpha value is -2.37. The van der Waals surface area contributed by atoms with E-state index in [9.17, 15) is 14.4 Å². The third kappa shape index (κ3) is 64.5. The molecule has 0 saturated heterocycles. The number of esters is 3. The Morgan fingerprint density at radius 1 is 0.256 bits per heavy atom. The average molecular weight is 1100 g/mol. The van der Waals surface area contributed by atoms with Crippen LogP contribution in [-0.4, -0.2) is 37.2 Å². The maximum absolute atomic E-state index is 12.9. The molecule has 0 aliphatic rings. The number of carbonyl (C=O) groups excluding carboxylic acids is 3. The van der Waals surface area contributed by atoms with Crippen LogP contribution in [0.1, 0.15) is 387 Å². The van der Waals surface area contributed by atoms with Gasteiger partial charge in [-0.05, 0) is 77.0 Å². The van der Waals surface area contributed by atoms with Gasteiger partial charge in [0.2, 0.25) is 0 Å². The lowest BCUT2D eigenvalue weighted by Gasteiger charge is -2.18. The molecular weight excluding hydrogens is 961 g/mol. The fourth-order valence-corrected chi connectivity index (χ4v) is 10.6. The molecule has 0 spiro atoms. The first-order chi connectivity index (χ1) is 38.5. The van der Waals surface area contributed by atoms with Crippen LogP contribution in [0.5, 0.6) is 0 Å². The summed E-state index contributed by atoms with van der Waals surface area (Å²) in [5, 5.41) is 0. The summed E-state index contributed by atoms with van der Waals surface area (Å²) in [4.78, 5) is 38.3. The molecule has 0 aromatic carbocycles. The van der Waals surface area contributed by atoms with Crippen molar-refractivity contribution in [3.8, 4) is 0 Å². The number of rotatable bonds is 65. The number of unbranched alkanes of at least 4 members (excludes halogenated alkanes) is 48. The van der Waals surface area contributed by atoms with Gasteiger partial charge in [0.05, 0.1) is 0 Å². The summed E-state index contributed by atoms with van der Waals surface area (Å²) in [6.07, 6.45) is 83.3. The molecular formula is C72H134O6. The quantitative estimate of drug-likeness (QED) is 0.0261. The molecule has 458 valence electrons. The van der Waals surface area contributed by atoms with Crippen molar-refractivity contribution in [1.82, 2.24) is 0 Å². The summed E-state index contributed by atoms with van der Waals surface area (Å²) in [6.45, 7) is 6.67. The van der Waals surface area contributed by atoms with E-state index in [1.165, 1.54) is 270 Å². The molecule has 0 rings (SSSR count). The topological polar surface area (TPSA) is 78.9 Å². The molecule has 0 aromatic heterocycles. The molecule has 0 aromatic rings. The molecule has 0 saturated carbocycles. The van der Waals surface area contributed by atoms with Crippen molar-refractivity contribution in [1.29, 1.82) is 0 Å². The van der Waals surface area contributed by atoms with Gasteiger partial charge in [0.15, 0.2) is 6.10 Å². The van der Waals surface area contributed by atoms with Crippen molar-refractivity contribution in [2.24, 2.45) is 0 Å². The number of ether oxygens (including phenoxy) is 3. The minimum absolute atomic E-state index is 0.0725. The van der Waals surface area contributed by atoms with Gasteiger partial charge in [-0.1, -0.05) is 327 Å². The van der Waals surface area contributed by atoms with E-state index in [4.69, 9.17) is 14.2 Å². The molecule has 6 nitrogen and oxygen atoms in total. The van der Waals surface area contributed by atoms with Crippen LogP contribution in [0.3, 0.4) is 0 Å². The van der Waals surface area contributed by atoms with Gasteiger partial charge in [0, 0.05) is 19.3 Å². The molecule has 0 aliphatic carbocycles. The van der Waals surface area contributed by atoms with Crippen molar-refractivity contribution < 1.29 is 28.6 Å². The van der Waals surface area contributed by atoms with Crippen molar-refractivity contribution >= 4 is 17.9 Å². The lowest BCUT2D eigenvalue weighted by atomic mass is 10.0. The van der Waals surface area contributed by atoms with Crippen molar-refractivity contribution in [3.63, 3.8) is 0 Å². The fourth-order valence-electron chi connectivity index (χ4n) is 10.6. The maximum Gasteiger partial charge on any atom is 0.306 e. The molecule has 0 bridgehead atoms. The predicted octanol–water partition coefficient (Wildman–Crippen LogP) is 23.9. The zero-order valence-electron chi connectivity index (χ0n) is 52.7. The van der Waals surface area contributed by atoms with Crippen LogP contribution in [0, 0.1) is 0 Å². The first-order valence-electron chi connectivity index (χ1n) is 35.0. The maximum atomic E-state index is 12.9. The molecule has 78 heavy (non-hydrogen) atoms. The van der Waals surface area contributed by atoms with E-state index in [-0.39, 0.29) is 31.1 Å². The number of hydrogen-bond donors (Lipinski definition) is 0. The van der Waals surface area contributed by atoms with E-state index in [0.29, 0.717) is 19.3 Å². The molecule has 0 aliphatic heterocycles. The molecule has 0 amide bonds. The summed E-state index contributed by atoms with van der Waals surface area (Å²) in [5.74, 6) is -0.860. The summed E-state index contributed by atoms with van der Waals surface area (Å²) in [6, 6.07) is 0. The highest BCUT2D eigenvalue weighted by molar-refractivity contribution is 5.71. The Labute approximate surface area is 486 Å². The number of hydrogen-bond acceptors (Lipinski definition) is 6. The summed E-state index contributed by atoms with van der Waals surface area (Å²) in [7, 11) is 0. The Bertz CT molecular complexity index is 1300. The smallest absolute Gasteiger partial charge is 0.306 e. The Balaban J connectivity index is 4.13. The van der Waals surface area contributed by atoms with E-state index in [0.717, 1.165) is 77.0 Å². The summed E-state index contributed by atoms with van der Waals surface area (Å²) >= 11 is 0. The van der Waals surface area contributed by atoms with Crippen LogP contribution in [-0.2, 0) is 28.6 Å². The van der Waals surface area contributed by atoms with Crippen molar-refractivity contribution in [2.45, 2.75) is 393 Å². The van der Waals surface area contributed by atoms with Gasteiger partial charge < -0.3 is 14.2 Å². The minimum atomic E-state index is -0.776. The largest absolute Gasteiger partial charge is 0.462 e. The van der Waals surface area contributed by atoms with Crippen molar-refractivity contribution in [3.05, 3.63) is 36.5 Å². The predicted molar refractivity (Wildman–Crippen MR) is 339 cm³/mol. The van der Waals surface area contributed by atoms with Gasteiger partial charge in [-0.2, -0.15) is 0 Å². The van der Waals surface area contributed by atoms with E-state index in [1.807, 2.05) is 0 Å². The molecule has 6 heteroatoms. The second kappa shape index (κ2) is 67.1. The van der Waals surface area contributed by atoms with Crippen LogP contribution >= 0.6 is 0 Å². The van der Waals surface area contributed by atoms with Gasteiger partial charge in [-0.15, -0.1) is 0 Å². The third-order valence-corrected chi connectivity index (χ3v) is 15.9. The summed E-state index contributed by atoms with van der Waals surface area (Å²) < 4.78 is 16.9. The van der Waals surface area contributed by atoms with Crippen LogP contribution in [0.15, 0.2) is 36.5 Å². The highest BCUT2D eigenvalue weighted by Crippen LogP contribution is 2.18. The normalized spacial score (nSPS) is 12.2. The molecule has 1 atom stereocenters. The third-order valence-electron chi connectivity index (χ3n) is 15.9. The lowest BCUT2D eigenvalue weighted by molar-refractivity contribution is -0.167. The first kappa shape index (κ1) is 75.6. The van der Waals surface area contributed by atoms with Gasteiger partial charge in [-0.25, -0.2) is 0 Å². The van der Waals surface area contributed by atoms with Gasteiger partial charge in [-0.3, -0.25) is 14.4 Å². The zero-order chi connectivity index (χ0) is 56.4. The van der Waals surface area contributed by atoms with Crippen molar-refractivity contribution in [2.75, 3.05) is 13.2 Å². The van der Waals surface area contributed by atoms with E-state index < -0.39 is 6.10 Å². The molecule has 0 radical (unpaired) electrons. The molecule has 0 fully saturated rings. The SMILES string of the molecule is CCCCCC/C=C\C/C=C\CCCCCCCC(=O)OC(COC(=O)CCCCCCCCCCCCCCC)COC(=O)CCCCCCCCCCCCCCCCCCCCC/C=C\CCCCCCCCCC. The van der Waals surface area contributed by atoms with Crippen LogP contribution in [0.25, 0.3) is 0 Å². The minimum Gasteiger partial charge on any atom is -0.462 e. The van der Waals surface area contributed by atoms with Crippen LogP contribution in [0.2, 0.25) is 0 Å². The molecule has 0 heterocycles. The average Bonchev–Trinajstić information content (AvgIpc) is 3.44. The Kier molecular flexibility index (Phi) is 65.1. The monoisotopic (exact) mass is 1100 g/mol. The first-order valence-corrected chi connectivity index (χ1v) is 35.0. The summed E-state index contributed by atoms with van der Waals surface area (Å²) in [5.41, 5.74) is 0. The van der Waals surface area contributed by atoms with Crippen LogP contribution in [0.4, 0.5) is 0 Å². The van der Waals surface area contributed by atoms with Crippen LogP contribution < -0.4 is 0 Å². The highest BCUT2D eigenvalue weighted by atomic mass is 16.6. The van der Waals surface area contributed by atoms with Gasteiger partial charge in [0.25, 0.3) is 0 Å².